The van der Waals surface area contributed by atoms with Crippen LogP contribution in [0.1, 0.15) is 31.2 Å². The number of hydrogen-bond acceptors (Lipinski definition) is 5. The van der Waals surface area contributed by atoms with E-state index < -0.39 is 5.41 Å². The van der Waals surface area contributed by atoms with Crippen LogP contribution < -0.4 is 5.32 Å². The summed E-state index contributed by atoms with van der Waals surface area (Å²) in [5.74, 6) is 0.362. The van der Waals surface area contributed by atoms with E-state index in [0.717, 1.165) is 19.3 Å². The average molecular weight is 337 g/mol. The van der Waals surface area contributed by atoms with Crippen molar-refractivity contribution in [2.45, 2.75) is 32.1 Å². The second kappa shape index (κ2) is 6.63. The van der Waals surface area contributed by atoms with Gasteiger partial charge >= 0.3 is 0 Å². The Morgan fingerprint density at radius 3 is 2.33 bits per heavy atom. The monoisotopic (exact) mass is 337 g/mol. The van der Waals surface area contributed by atoms with E-state index in [2.05, 4.69) is 42.2 Å². The minimum absolute atomic E-state index is 0.164. The van der Waals surface area contributed by atoms with Crippen molar-refractivity contribution >= 4 is 12.6 Å². The molecule has 3 rings (SSSR count). The Morgan fingerprint density at radius 2 is 1.75 bits per heavy atom. The maximum Gasteiger partial charge on any atom is 0.204 e. The van der Waals surface area contributed by atoms with Gasteiger partial charge in [0.2, 0.25) is 5.88 Å². The highest BCUT2D eigenvalue weighted by Gasteiger charge is 2.47. The van der Waals surface area contributed by atoms with Crippen LogP contribution in [0.3, 0.4) is 0 Å². The largest absolute Gasteiger partial charge is 0.494 e. The molecule has 2 aliphatic rings. The highest BCUT2D eigenvalue weighted by molar-refractivity contribution is 7.84. The molecule has 1 aromatic rings. The second-order valence-corrected chi connectivity index (χ2v) is 6.96. The summed E-state index contributed by atoms with van der Waals surface area (Å²) in [7, 11) is 0. The Balaban J connectivity index is 1.83. The topological polar surface area (TPSA) is 79.8 Å². The third-order valence-corrected chi connectivity index (χ3v) is 5.55. The lowest BCUT2D eigenvalue weighted by atomic mass is 9.61. The Kier molecular flexibility index (Phi) is 4.55. The molecule has 0 radical (unpaired) electrons. The molecule has 0 unspecified atom stereocenters. The zero-order chi connectivity index (χ0) is 17.2. The van der Waals surface area contributed by atoms with E-state index in [9.17, 15) is 15.6 Å². The van der Waals surface area contributed by atoms with Crippen LogP contribution in [0.4, 0.5) is 0 Å². The van der Waals surface area contributed by atoms with Gasteiger partial charge in [-0.05, 0) is 43.6 Å². The summed E-state index contributed by atoms with van der Waals surface area (Å²) >= 11 is 4.30. The number of nitrogens with zero attached hydrogens (tertiary/aromatic N) is 2. The number of rotatable bonds is 2. The quantitative estimate of drug-likeness (QED) is 0.714. The lowest BCUT2D eigenvalue weighted by molar-refractivity contribution is 0.216. The Bertz CT molecular complexity index is 737. The third kappa shape index (κ3) is 2.77. The number of aliphatic hydroxyl groups excluding tert-OH is 1. The average Bonchev–Trinajstić information content (AvgIpc) is 2.58. The van der Waals surface area contributed by atoms with Crippen molar-refractivity contribution in [2.75, 3.05) is 0 Å². The van der Waals surface area contributed by atoms with Gasteiger partial charge in [0.1, 0.15) is 11.6 Å². The van der Waals surface area contributed by atoms with Crippen LogP contribution in [0, 0.1) is 34.0 Å². The van der Waals surface area contributed by atoms with Gasteiger partial charge in [0.25, 0.3) is 0 Å². The summed E-state index contributed by atoms with van der Waals surface area (Å²) < 4.78 is 0. The van der Waals surface area contributed by atoms with Crippen molar-refractivity contribution in [2.24, 2.45) is 11.3 Å². The van der Waals surface area contributed by atoms with Gasteiger partial charge in [0.05, 0.1) is 16.7 Å². The number of allylic oxidation sites excluding steroid dienone is 2. The van der Waals surface area contributed by atoms with Crippen molar-refractivity contribution in [3.63, 3.8) is 0 Å². The predicted octanol–water partition coefficient (Wildman–Crippen LogP) is 3.97. The van der Waals surface area contributed by atoms with Gasteiger partial charge in [0.15, 0.2) is 0 Å². The van der Waals surface area contributed by atoms with Gasteiger partial charge in [-0.25, -0.2) is 0 Å². The van der Waals surface area contributed by atoms with E-state index in [1.54, 1.807) is 0 Å². The molecule has 1 aromatic carbocycles. The van der Waals surface area contributed by atoms with E-state index in [1.165, 1.54) is 5.56 Å². The van der Waals surface area contributed by atoms with Crippen molar-refractivity contribution in [3.8, 4) is 12.1 Å². The fourth-order valence-corrected chi connectivity index (χ4v) is 4.33. The zero-order valence-corrected chi connectivity index (χ0v) is 14.2. The van der Waals surface area contributed by atoms with Crippen LogP contribution in [0.15, 0.2) is 52.4 Å². The summed E-state index contributed by atoms with van der Waals surface area (Å²) in [5, 5.41) is 32.2. The first-order chi connectivity index (χ1) is 11.6. The lowest BCUT2D eigenvalue weighted by Gasteiger charge is -2.42. The maximum atomic E-state index is 10.1. The Hall–Kier alpha value is -2.37. The van der Waals surface area contributed by atoms with Gasteiger partial charge in [-0.3, -0.25) is 0 Å². The van der Waals surface area contributed by atoms with Crippen LogP contribution >= 0.6 is 12.6 Å². The van der Waals surface area contributed by atoms with E-state index in [1.807, 2.05) is 18.2 Å². The molecule has 1 fully saturated rings. The molecule has 1 heterocycles. The molecular weight excluding hydrogens is 318 g/mol. The SMILES string of the molecule is N#CC1=C(O)NC(S)=C(C#N)C12CCC(Cc1ccccc1)CC2. The molecule has 4 nitrogen and oxygen atoms in total. The number of aliphatic hydroxyl groups is 1. The summed E-state index contributed by atoms with van der Waals surface area (Å²) in [6.45, 7) is 0. The number of hydrogen-bond donors (Lipinski definition) is 3. The number of benzene rings is 1. The molecule has 0 amide bonds. The zero-order valence-electron chi connectivity index (χ0n) is 13.3. The molecule has 24 heavy (non-hydrogen) atoms. The molecule has 0 bridgehead atoms. The molecule has 122 valence electrons. The third-order valence-electron chi connectivity index (χ3n) is 5.22. The lowest BCUT2D eigenvalue weighted by Crippen LogP contribution is -2.38. The maximum absolute atomic E-state index is 10.1. The van der Waals surface area contributed by atoms with Crippen LogP contribution in [-0.2, 0) is 6.42 Å². The van der Waals surface area contributed by atoms with Crippen LogP contribution in [0.25, 0.3) is 0 Å². The van der Waals surface area contributed by atoms with Gasteiger partial charge < -0.3 is 10.4 Å². The predicted molar refractivity (Wildman–Crippen MR) is 94.6 cm³/mol. The molecule has 5 heteroatoms. The minimum Gasteiger partial charge on any atom is -0.494 e. The highest BCUT2D eigenvalue weighted by Crippen LogP contribution is 2.52. The first kappa shape index (κ1) is 16.5. The van der Waals surface area contributed by atoms with Gasteiger partial charge in [0, 0.05) is 5.41 Å². The van der Waals surface area contributed by atoms with Crippen molar-refractivity contribution < 1.29 is 5.11 Å². The van der Waals surface area contributed by atoms with Crippen molar-refractivity contribution in [1.29, 1.82) is 10.5 Å². The summed E-state index contributed by atoms with van der Waals surface area (Å²) in [4.78, 5) is 0. The smallest absolute Gasteiger partial charge is 0.204 e. The van der Waals surface area contributed by atoms with Gasteiger partial charge in [-0.15, -0.1) is 12.6 Å². The van der Waals surface area contributed by atoms with E-state index >= 15 is 0 Å². The van der Waals surface area contributed by atoms with Crippen LogP contribution in [-0.4, -0.2) is 5.11 Å². The molecule has 1 saturated carbocycles. The fraction of sp³-hybridized carbons (Fsp3) is 0.368. The first-order valence-corrected chi connectivity index (χ1v) is 8.54. The molecule has 0 aromatic heterocycles. The molecule has 0 saturated heterocycles. The first-order valence-electron chi connectivity index (χ1n) is 8.09. The number of thiol groups is 1. The van der Waals surface area contributed by atoms with Crippen LogP contribution in [0.2, 0.25) is 0 Å². The van der Waals surface area contributed by atoms with Crippen molar-refractivity contribution in [3.05, 3.63) is 58.0 Å². The Labute approximate surface area is 147 Å². The van der Waals surface area contributed by atoms with E-state index in [4.69, 9.17) is 0 Å². The summed E-state index contributed by atoms with van der Waals surface area (Å²) in [6.07, 6.45) is 4.21. The highest BCUT2D eigenvalue weighted by atomic mass is 32.1. The van der Waals surface area contributed by atoms with E-state index in [-0.39, 0.29) is 11.5 Å². The van der Waals surface area contributed by atoms with Crippen LogP contribution in [0.5, 0.6) is 0 Å². The number of dihydropyridines is 1. The Morgan fingerprint density at radius 1 is 1.12 bits per heavy atom. The normalized spacial score (nSPS) is 26.7. The second-order valence-electron chi connectivity index (χ2n) is 6.51. The molecule has 0 atom stereocenters. The number of nitrogens with one attached hydrogen (secondary N) is 1. The summed E-state index contributed by atoms with van der Waals surface area (Å²) in [6, 6.07) is 14.7. The molecule has 1 aliphatic heterocycles. The standard InChI is InChI=1S/C19H19N3OS/c20-11-15-17(23)22-18(24)16(12-21)19(15)8-6-14(7-9-19)10-13-4-2-1-3-5-13/h1-5,14,22-24H,6-10H2. The molecular formula is C19H19N3OS. The van der Waals surface area contributed by atoms with Gasteiger partial charge in [-0.1, -0.05) is 30.3 Å². The van der Waals surface area contributed by atoms with Gasteiger partial charge in [-0.2, -0.15) is 10.5 Å². The summed E-state index contributed by atoms with van der Waals surface area (Å²) in [5.41, 5.74) is 1.37. The van der Waals surface area contributed by atoms with Crippen molar-refractivity contribution in [1.82, 2.24) is 5.32 Å². The molecule has 1 spiro atoms. The molecule has 2 N–H and O–H groups in total. The molecule has 1 aliphatic carbocycles. The fourth-order valence-electron chi connectivity index (χ4n) is 3.96. The number of nitriles is 2. The minimum atomic E-state index is -0.691. The van der Waals surface area contributed by atoms with E-state index in [0.29, 0.717) is 29.4 Å².